The first-order valence-corrected chi connectivity index (χ1v) is 5.69. The second kappa shape index (κ2) is 5.65. The lowest BCUT2D eigenvalue weighted by Gasteiger charge is -2.12. The van der Waals surface area contributed by atoms with E-state index >= 15 is 0 Å². The molecule has 6 heteroatoms. The normalized spacial score (nSPS) is 10.5. The van der Waals surface area contributed by atoms with Crippen molar-refractivity contribution in [2.24, 2.45) is 0 Å². The highest BCUT2D eigenvalue weighted by molar-refractivity contribution is 9.13. The van der Waals surface area contributed by atoms with Crippen LogP contribution in [0.25, 0.3) is 0 Å². The highest BCUT2D eigenvalue weighted by atomic mass is 79.9. The molecule has 0 spiro atoms. The number of ether oxygens (including phenoxy) is 2. The fourth-order valence-electron chi connectivity index (χ4n) is 0.967. The van der Waals surface area contributed by atoms with Gasteiger partial charge in [-0.15, -0.1) is 0 Å². The van der Waals surface area contributed by atoms with E-state index in [9.17, 15) is 8.78 Å². The van der Waals surface area contributed by atoms with Crippen molar-refractivity contribution in [1.82, 2.24) is 0 Å². The van der Waals surface area contributed by atoms with Crippen LogP contribution in [0.15, 0.2) is 21.1 Å². The Labute approximate surface area is 103 Å². The average molecular weight is 346 g/mol. The number of rotatable bonds is 4. The van der Waals surface area contributed by atoms with E-state index in [1.807, 2.05) is 0 Å². The maximum Gasteiger partial charge on any atom is 0.387 e. The Morgan fingerprint density at radius 1 is 1.20 bits per heavy atom. The van der Waals surface area contributed by atoms with Crippen LogP contribution in [0.5, 0.6) is 11.5 Å². The lowest BCUT2D eigenvalue weighted by Crippen LogP contribution is -2.04. The summed E-state index contributed by atoms with van der Waals surface area (Å²) in [6, 6.07) is 3.01. The van der Waals surface area contributed by atoms with E-state index < -0.39 is 6.61 Å². The Hall–Kier alpha value is -0.360. The van der Waals surface area contributed by atoms with E-state index in [-0.39, 0.29) is 11.5 Å². The Morgan fingerprint density at radius 2 is 1.73 bits per heavy atom. The van der Waals surface area contributed by atoms with Gasteiger partial charge in [-0.05, 0) is 50.9 Å². The van der Waals surface area contributed by atoms with Crippen LogP contribution in [-0.4, -0.2) is 13.2 Å². The van der Waals surface area contributed by atoms with Gasteiger partial charge in [0.15, 0.2) is 11.5 Å². The maximum atomic E-state index is 12.1. The molecule has 0 aliphatic carbocycles. The van der Waals surface area contributed by atoms with Crippen LogP contribution in [0.2, 0.25) is 0 Å². The molecule has 0 aliphatic rings. The molecule has 84 valence electrons. The summed E-state index contributed by atoms with van der Waals surface area (Å²) in [4.78, 5) is 0. The summed E-state index contributed by atoms with van der Waals surface area (Å²) in [5.41, 5.74) is 0. The molecule has 0 aliphatic heterocycles. The first-order chi connectivity index (χ1) is 7.04. The summed E-state index contributed by atoms with van der Waals surface area (Å²) < 4.78 is 35.0. The summed E-state index contributed by atoms with van der Waals surface area (Å²) in [5.74, 6) is 0.301. The Balaban J connectivity index is 3.04. The van der Waals surface area contributed by atoms with Crippen molar-refractivity contribution in [2.75, 3.05) is 6.61 Å². The molecular formula is C9H8Br2F2O2. The van der Waals surface area contributed by atoms with Crippen molar-refractivity contribution in [3.63, 3.8) is 0 Å². The Kier molecular flexibility index (Phi) is 4.79. The van der Waals surface area contributed by atoms with Gasteiger partial charge in [0.25, 0.3) is 0 Å². The largest absolute Gasteiger partial charge is 0.490 e. The van der Waals surface area contributed by atoms with Gasteiger partial charge in [-0.2, -0.15) is 8.78 Å². The number of hydrogen-bond donors (Lipinski definition) is 0. The third kappa shape index (κ3) is 3.61. The fourth-order valence-corrected chi connectivity index (χ4v) is 1.61. The summed E-state index contributed by atoms with van der Waals surface area (Å²) in [6.07, 6.45) is 0. The Bertz CT molecular complexity index is 345. The van der Waals surface area contributed by atoms with Crippen LogP contribution < -0.4 is 9.47 Å². The van der Waals surface area contributed by atoms with Gasteiger partial charge in [0.2, 0.25) is 0 Å². The van der Waals surface area contributed by atoms with Gasteiger partial charge in [0.05, 0.1) is 6.61 Å². The molecule has 0 N–H and O–H groups in total. The lowest BCUT2D eigenvalue weighted by atomic mass is 10.3. The van der Waals surface area contributed by atoms with E-state index in [1.165, 1.54) is 6.07 Å². The minimum atomic E-state index is -2.86. The van der Waals surface area contributed by atoms with Crippen molar-refractivity contribution in [1.29, 1.82) is 0 Å². The van der Waals surface area contributed by atoms with Gasteiger partial charge in [-0.3, -0.25) is 0 Å². The predicted octanol–water partition coefficient (Wildman–Crippen LogP) is 4.21. The van der Waals surface area contributed by atoms with Crippen LogP contribution in [0.3, 0.4) is 0 Å². The van der Waals surface area contributed by atoms with Crippen molar-refractivity contribution in [3.05, 3.63) is 21.1 Å². The van der Waals surface area contributed by atoms with Crippen LogP contribution in [0.1, 0.15) is 6.92 Å². The molecule has 15 heavy (non-hydrogen) atoms. The molecule has 0 amide bonds. The zero-order chi connectivity index (χ0) is 11.4. The van der Waals surface area contributed by atoms with Crippen LogP contribution in [0.4, 0.5) is 8.78 Å². The van der Waals surface area contributed by atoms with E-state index in [1.54, 1.807) is 13.0 Å². The molecule has 0 saturated heterocycles. The second-order valence-corrected chi connectivity index (χ2v) is 4.23. The zero-order valence-electron chi connectivity index (χ0n) is 7.77. The third-order valence-electron chi connectivity index (χ3n) is 1.50. The molecule has 0 fully saturated rings. The number of halogens is 4. The van der Waals surface area contributed by atoms with Gasteiger partial charge >= 0.3 is 6.61 Å². The molecule has 1 rings (SSSR count). The Morgan fingerprint density at radius 3 is 2.20 bits per heavy atom. The monoisotopic (exact) mass is 344 g/mol. The van der Waals surface area contributed by atoms with Crippen LogP contribution >= 0.6 is 31.9 Å². The summed E-state index contributed by atoms with van der Waals surface area (Å²) in [6.45, 7) is -0.715. The second-order valence-electron chi connectivity index (χ2n) is 2.52. The third-order valence-corrected chi connectivity index (χ3v) is 3.35. The highest BCUT2D eigenvalue weighted by Crippen LogP contribution is 2.37. The SMILES string of the molecule is CCOc1cc(Br)c(Br)cc1OC(F)F. The molecule has 0 radical (unpaired) electrons. The zero-order valence-corrected chi connectivity index (χ0v) is 10.9. The molecule has 0 bridgehead atoms. The van der Waals surface area contributed by atoms with E-state index in [0.29, 0.717) is 15.6 Å². The predicted molar refractivity (Wildman–Crippen MR) is 59.6 cm³/mol. The van der Waals surface area contributed by atoms with Crippen LogP contribution in [-0.2, 0) is 0 Å². The first-order valence-electron chi connectivity index (χ1n) is 4.11. The molecule has 0 atom stereocenters. The molecule has 0 aromatic heterocycles. The van der Waals surface area contributed by atoms with E-state index in [2.05, 4.69) is 36.6 Å². The molecule has 0 saturated carbocycles. The summed E-state index contributed by atoms with van der Waals surface area (Å²) >= 11 is 6.44. The standard InChI is InChI=1S/C9H8Br2F2O2/c1-2-14-7-3-5(10)6(11)4-8(7)15-9(12)13/h3-4,9H,2H2,1H3. The average Bonchev–Trinajstić information content (AvgIpc) is 2.13. The minimum absolute atomic E-state index is 0.0157. The minimum Gasteiger partial charge on any atom is -0.490 e. The van der Waals surface area contributed by atoms with Crippen LogP contribution in [0, 0.1) is 0 Å². The number of alkyl halides is 2. The molecule has 1 aromatic rings. The fraction of sp³-hybridized carbons (Fsp3) is 0.333. The van der Waals surface area contributed by atoms with E-state index in [4.69, 9.17) is 4.74 Å². The quantitative estimate of drug-likeness (QED) is 0.813. The molecule has 0 unspecified atom stereocenters. The van der Waals surface area contributed by atoms with Gasteiger partial charge in [0, 0.05) is 8.95 Å². The van der Waals surface area contributed by atoms with Crippen molar-refractivity contribution in [3.8, 4) is 11.5 Å². The molecular weight excluding hydrogens is 338 g/mol. The van der Waals surface area contributed by atoms with Crippen molar-refractivity contribution in [2.45, 2.75) is 13.5 Å². The van der Waals surface area contributed by atoms with Gasteiger partial charge < -0.3 is 9.47 Å². The maximum absolute atomic E-state index is 12.1. The summed E-state index contributed by atoms with van der Waals surface area (Å²) in [5, 5.41) is 0. The van der Waals surface area contributed by atoms with E-state index in [0.717, 1.165) is 0 Å². The summed E-state index contributed by atoms with van der Waals surface area (Å²) in [7, 11) is 0. The van der Waals surface area contributed by atoms with Gasteiger partial charge in [-0.1, -0.05) is 0 Å². The van der Waals surface area contributed by atoms with Gasteiger partial charge in [-0.25, -0.2) is 0 Å². The highest BCUT2D eigenvalue weighted by Gasteiger charge is 2.13. The molecule has 0 heterocycles. The molecule has 2 nitrogen and oxygen atoms in total. The number of hydrogen-bond acceptors (Lipinski definition) is 2. The topological polar surface area (TPSA) is 18.5 Å². The van der Waals surface area contributed by atoms with Gasteiger partial charge in [0.1, 0.15) is 0 Å². The lowest BCUT2D eigenvalue weighted by molar-refractivity contribution is -0.0514. The molecule has 1 aromatic carbocycles. The smallest absolute Gasteiger partial charge is 0.387 e. The van der Waals surface area contributed by atoms with Crippen molar-refractivity contribution < 1.29 is 18.3 Å². The first kappa shape index (κ1) is 12.7. The number of benzene rings is 1. The van der Waals surface area contributed by atoms with Crippen molar-refractivity contribution >= 4 is 31.9 Å².